The maximum Gasteiger partial charge on any atom is 0.416 e. The van der Waals surface area contributed by atoms with Crippen molar-refractivity contribution >= 4 is 31.9 Å². The van der Waals surface area contributed by atoms with E-state index in [9.17, 15) is 13.2 Å². The Bertz CT molecular complexity index is 562. The number of alkyl halides is 4. The Morgan fingerprint density at radius 2 is 1.53 bits per heavy atom. The molecule has 0 aliphatic carbocycles. The van der Waals surface area contributed by atoms with Crippen molar-refractivity contribution in [3.05, 3.63) is 69.7 Å². The molecule has 1 unspecified atom stereocenters. The highest BCUT2D eigenvalue weighted by Crippen LogP contribution is 2.35. The highest BCUT2D eigenvalue weighted by atomic mass is 79.9. The average molecular weight is 394 g/mol. The van der Waals surface area contributed by atoms with Gasteiger partial charge in [-0.05, 0) is 29.3 Å². The Morgan fingerprint density at radius 1 is 0.895 bits per heavy atom. The summed E-state index contributed by atoms with van der Waals surface area (Å²) in [5, 5.41) is 0. The second kappa shape index (κ2) is 5.67. The van der Waals surface area contributed by atoms with E-state index < -0.39 is 11.7 Å². The molecule has 2 rings (SSSR count). The number of benzene rings is 2. The number of hydrogen-bond donors (Lipinski definition) is 0. The van der Waals surface area contributed by atoms with E-state index in [0.29, 0.717) is 5.56 Å². The fourth-order valence-electron chi connectivity index (χ4n) is 1.70. The smallest absolute Gasteiger partial charge is 0.166 e. The van der Waals surface area contributed by atoms with Crippen LogP contribution in [0, 0.1) is 0 Å². The molecule has 0 fully saturated rings. The first kappa shape index (κ1) is 14.6. The second-order valence-electron chi connectivity index (χ2n) is 4.04. The quantitative estimate of drug-likeness (QED) is 0.553. The summed E-state index contributed by atoms with van der Waals surface area (Å²) in [4.78, 5) is -0.261. The number of hydrogen-bond acceptors (Lipinski definition) is 0. The van der Waals surface area contributed by atoms with Gasteiger partial charge < -0.3 is 0 Å². The van der Waals surface area contributed by atoms with Gasteiger partial charge in [-0.1, -0.05) is 62.2 Å². The first-order chi connectivity index (χ1) is 8.88. The lowest BCUT2D eigenvalue weighted by molar-refractivity contribution is -0.137. The average Bonchev–Trinajstić information content (AvgIpc) is 2.38. The minimum Gasteiger partial charge on any atom is -0.166 e. The van der Waals surface area contributed by atoms with Gasteiger partial charge in [-0.2, -0.15) is 13.2 Å². The van der Waals surface area contributed by atoms with Crippen LogP contribution in [0.15, 0.2) is 53.0 Å². The van der Waals surface area contributed by atoms with Crippen LogP contribution >= 0.6 is 31.9 Å². The van der Waals surface area contributed by atoms with Crippen molar-refractivity contribution in [3.8, 4) is 0 Å². The van der Waals surface area contributed by atoms with E-state index in [-0.39, 0.29) is 4.83 Å². The summed E-state index contributed by atoms with van der Waals surface area (Å²) in [6, 6.07) is 12.8. The number of halogens is 5. The van der Waals surface area contributed by atoms with Crippen LogP contribution in [0.25, 0.3) is 0 Å². The summed E-state index contributed by atoms with van der Waals surface area (Å²) in [6.45, 7) is 0. The molecule has 0 radical (unpaired) electrons. The lowest BCUT2D eigenvalue weighted by Gasteiger charge is -2.13. The van der Waals surface area contributed by atoms with Crippen molar-refractivity contribution in [1.82, 2.24) is 0 Å². The maximum absolute atomic E-state index is 12.7. The maximum atomic E-state index is 12.7. The van der Waals surface area contributed by atoms with Crippen LogP contribution in [-0.2, 0) is 6.18 Å². The monoisotopic (exact) mass is 392 g/mol. The molecule has 0 bridgehead atoms. The molecule has 100 valence electrons. The molecule has 0 aliphatic rings. The fraction of sp³-hybridized carbons (Fsp3) is 0.143. The first-order valence-electron chi connectivity index (χ1n) is 5.44. The van der Waals surface area contributed by atoms with E-state index in [2.05, 4.69) is 31.9 Å². The van der Waals surface area contributed by atoms with Crippen molar-refractivity contribution in [2.45, 2.75) is 11.0 Å². The Hall–Kier alpha value is -0.810. The lowest BCUT2D eigenvalue weighted by atomic mass is 10.0. The van der Waals surface area contributed by atoms with E-state index in [4.69, 9.17) is 0 Å². The van der Waals surface area contributed by atoms with Crippen LogP contribution < -0.4 is 0 Å². The Balaban J connectivity index is 2.34. The molecule has 0 N–H and O–H groups in total. The molecule has 2 aromatic carbocycles. The zero-order valence-corrected chi connectivity index (χ0v) is 12.8. The van der Waals surface area contributed by atoms with Crippen LogP contribution in [0.3, 0.4) is 0 Å². The van der Waals surface area contributed by atoms with Gasteiger partial charge >= 0.3 is 6.18 Å². The summed E-state index contributed by atoms with van der Waals surface area (Å²) in [5.41, 5.74) is 0.853. The van der Waals surface area contributed by atoms with Gasteiger partial charge in [0.1, 0.15) is 0 Å². The predicted molar refractivity (Wildman–Crippen MR) is 76.4 cm³/mol. The van der Waals surface area contributed by atoms with Crippen molar-refractivity contribution in [1.29, 1.82) is 0 Å². The third-order valence-electron chi connectivity index (χ3n) is 2.67. The minimum absolute atomic E-state index is 0.261. The van der Waals surface area contributed by atoms with Crippen LogP contribution in [0.5, 0.6) is 0 Å². The van der Waals surface area contributed by atoms with Crippen LogP contribution in [0.4, 0.5) is 13.2 Å². The van der Waals surface area contributed by atoms with E-state index in [1.165, 1.54) is 12.1 Å². The zero-order chi connectivity index (χ0) is 14.0. The largest absolute Gasteiger partial charge is 0.416 e. The van der Waals surface area contributed by atoms with E-state index in [1.807, 2.05) is 24.3 Å². The number of rotatable bonds is 2. The fourth-order valence-corrected chi connectivity index (χ4v) is 2.55. The second-order valence-corrected chi connectivity index (χ2v) is 5.87. The molecule has 0 nitrogen and oxygen atoms in total. The summed E-state index contributed by atoms with van der Waals surface area (Å²) in [5.74, 6) is 0. The van der Waals surface area contributed by atoms with Crippen molar-refractivity contribution in [2.75, 3.05) is 0 Å². The molecule has 0 saturated heterocycles. The Kier molecular flexibility index (Phi) is 4.36. The minimum atomic E-state index is -4.32. The summed E-state index contributed by atoms with van der Waals surface area (Å²) in [7, 11) is 0. The zero-order valence-electron chi connectivity index (χ0n) is 9.59. The van der Waals surface area contributed by atoms with Gasteiger partial charge in [0, 0.05) is 4.47 Å². The molecule has 0 saturated carbocycles. The molecule has 0 aromatic heterocycles. The molecule has 19 heavy (non-hydrogen) atoms. The van der Waals surface area contributed by atoms with Crippen LogP contribution in [0.1, 0.15) is 21.5 Å². The molecular formula is C14H9Br2F3. The summed E-state index contributed by atoms with van der Waals surface area (Å²) < 4.78 is 38.9. The van der Waals surface area contributed by atoms with E-state index in [1.54, 1.807) is 6.07 Å². The standard InChI is InChI=1S/C14H9Br2F3/c15-12-6-4-9(5-7-12)13(16)10-2-1-3-11(8-10)14(17,18)19/h1-8,13H. The SMILES string of the molecule is FC(F)(F)c1cccc(C(Br)c2ccc(Br)cc2)c1. The van der Waals surface area contributed by atoms with Gasteiger partial charge in [0.15, 0.2) is 0 Å². The van der Waals surface area contributed by atoms with Gasteiger partial charge in [0.05, 0.1) is 10.4 Å². The molecule has 2 aromatic rings. The van der Waals surface area contributed by atoms with E-state index in [0.717, 1.165) is 16.1 Å². The normalized spacial score (nSPS) is 13.3. The highest BCUT2D eigenvalue weighted by molar-refractivity contribution is 9.10. The molecule has 0 amide bonds. The topological polar surface area (TPSA) is 0 Å². The van der Waals surface area contributed by atoms with Gasteiger partial charge in [-0.15, -0.1) is 0 Å². The van der Waals surface area contributed by atoms with Crippen molar-refractivity contribution < 1.29 is 13.2 Å². The Morgan fingerprint density at radius 3 is 2.11 bits per heavy atom. The third-order valence-corrected chi connectivity index (χ3v) is 4.26. The molecule has 1 atom stereocenters. The highest BCUT2D eigenvalue weighted by Gasteiger charge is 2.30. The first-order valence-corrected chi connectivity index (χ1v) is 7.15. The van der Waals surface area contributed by atoms with Gasteiger partial charge in [-0.3, -0.25) is 0 Å². The molecule has 0 heterocycles. The summed E-state index contributed by atoms with van der Waals surface area (Å²) >= 11 is 6.76. The lowest BCUT2D eigenvalue weighted by Crippen LogP contribution is -2.05. The molecular weight excluding hydrogens is 385 g/mol. The van der Waals surface area contributed by atoms with Gasteiger partial charge in [0.25, 0.3) is 0 Å². The molecule has 0 aliphatic heterocycles. The van der Waals surface area contributed by atoms with Gasteiger partial charge in [-0.25, -0.2) is 0 Å². The van der Waals surface area contributed by atoms with Crippen molar-refractivity contribution in [2.24, 2.45) is 0 Å². The van der Waals surface area contributed by atoms with Crippen LogP contribution in [-0.4, -0.2) is 0 Å². The third kappa shape index (κ3) is 3.60. The Labute approximate surface area is 125 Å². The van der Waals surface area contributed by atoms with Gasteiger partial charge in [0.2, 0.25) is 0 Å². The summed E-state index contributed by atoms with van der Waals surface area (Å²) in [6.07, 6.45) is -4.32. The van der Waals surface area contributed by atoms with Crippen LogP contribution in [0.2, 0.25) is 0 Å². The molecule has 0 spiro atoms. The molecule has 5 heteroatoms. The predicted octanol–water partition coefficient (Wildman–Crippen LogP) is 5.95. The van der Waals surface area contributed by atoms with E-state index >= 15 is 0 Å². The van der Waals surface area contributed by atoms with Crippen molar-refractivity contribution in [3.63, 3.8) is 0 Å².